The van der Waals surface area contributed by atoms with Crippen LogP contribution in [-0.4, -0.2) is 63.0 Å². The van der Waals surface area contributed by atoms with E-state index in [-0.39, 0.29) is 18.1 Å². The van der Waals surface area contributed by atoms with Crippen molar-refractivity contribution in [3.8, 4) is 0 Å². The normalized spacial score (nSPS) is 25.4. The first kappa shape index (κ1) is 13.8. The summed E-state index contributed by atoms with van der Waals surface area (Å²) in [5, 5.41) is 0. The summed E-state index contributed by atoms with van der Waals surface area (Å²) >= 11 is 0. The van der Waals surface area contributed by atoms with Gasteiger partial charge in [-0.2, -0.15) is 0 Å². The quantitative estimate of drug-likeness (QED) is 0.656. The maximum Gasteiger partial charge on any atom is 0.248 e. The van der Waals surface area contributed by atoms with E-state index in [1.54, 1.807) is 7.11 Å². The minimum absolute atomic E-state index is 0.0576. The summed E-state index contributed by atoms with van der Waals surface area (Å²) in [5.74, 6) is 0.581. The van der Waals surface area contributed by atoms with E-state index in [4.69, 9.17) is 14.2 Å². The molecule has 5 heteroatoms. The standard InChI is InChI=1S/C13H23NO4/c1-3-17-6-4-11-5-7-18-13(11)9-14(10-13)12(15)8-16-2/h11H,3-10H2,1-2H3/t11-/m1/s1. The smallest absolute Gasteiger partial charge is 0.248 e. The van der Waals surface area contributed by atoms with E-state index >= 15 is 0 Å². The van der Waals surface area contributed by atoms with E-state index in [0.29, 0.717) is 19.0 Å². The third kappa shape index (κ3) is 2.68. The average Bonchev–Trinajstić information content (AvgIpc) is 2.71. The summed E-state index contributed by atoms with van der Waals surface area (Å²) in [6.07, 6.45) is 2.11. The summed E-state index contributed by atoms with van der Waals surface area (Å²) in [4.78, 5) is 13.5. The van der Waals surface area contributed by atoms with E-state index in [9.17, 15) is 4.79 Å². The van der Waals surface area contributed by atoms with E-state index in [1.165, 1.54) is 0 Å². The van der Waals surface area contributed by atoms with Gasteiger partial charge in [0.15, 0.2) is 0 Å². The summed E-state index contributed by atoms with van der Waals surface area (Å²) in [6, 6.07) is 0. The van der Waals surface area contributed by atoms with E-state index in [1.807, 2.05) is 11.8 Å². The molecule has 0 aromatic carbocycles. The van der Waals surface area contributed by atoms with Gasteiger partial charge in [-0.25, -0.2) is 0 Å². The summed E-state index contributed by atoms with van der Waals surface area (Å²) in [6.45, 7) is 5.97. The van der Waals surface area contributed by atoms with Crippen LogP contribution in [0.5, 0.6) is 0 Å². The Bertz CT molecular complexity index is 289. The molecule has 0 N–H and O–H groups in total. The fourth-order valence-corrected chi connectivity index (χ4v) is 2.90. The molecule has 0 aliphatic carbocycles. The van der Waals surface area contributed by atoms with Crippen LogP contribution in [-0.2, 0) is 19.0 Å². The number of carbonyl (C=O) groups excluding carboxylic acids is 1. The van der Waals surface area contributed by atoms with Gasteiger partial charge in [-0.05, 0) is 25.7 Å². The molecule has 0 unspecified atom stereocenters. The second-order valence-electron chi connectivity index (χ2n) is 5.07. The highest BCUT2D eigenvalue weighted by atomic mass is 16.5. The predicted octanol–water partition coefficient (Wildman–Crippen LogP) is 0.677. The Labute approximate surface area is 108 Å². The lowest BCUT2D eigenvalue weighted by molar-refractivity contribution is -0.169. The average molecular weight is 257 g/mol. The van der Waals surface area contributed by atoms with Crippen molar-refractivity contribution in [1.29, 1.82) is 0 Å². The van der Waals surface area contributed by atoms with Crippen molar-refractivity contribution in [2.24, 2.45) is 5.92 Å². The molecule has 1 spiro atoms. The van der Waals surface area contributed by atoms with Crippen LogP contribution in [0, 0.1) is 5.92 Å². The molecule has 104 valence electrons. The molecule has 0 bridgehead atoms. The minimum Gasteiger partial charge on any atom is -0.382 e. The van der Waals surface area contributed by atoms with Gasteiger partial charge in [0.1, 0.15) is 12.2 Å². The number of ether oxygens (including phenoxy) is 3. The Morgan fingerprint density at radius 2 is 2.28 bits per heavy atom. The van der Waals surface area contributed by atoms with Crippen LogP contribution in [0.3, 0.4) is 0 Å². The second kappa shape index (κ2) is 5.99. The van der Waals surface area contributed by atoms with Crippen molar-refractivity contribution in [1.82, 2.24) is 4.90 Å². The highest BCUT2D eigenvalue weighted by Crippen LogP contribution is 2.41. The zero-order valence-corrected chi connectivity index (χ0v) is 11.3. The lowest BCUT2D eigenvalue weighted by Crippen LogP contribution is -2.66. The lowest BCUT2D eigenvalue weighted by atomic mass is 9.79. The van der Waals surface area contributed by atoms with Gasteiger partial charge in [0.05, 0.1) is 13.1 Å². The topological polar surface area (TPSA) is 48.0 Å². The van der Waals surface area contributed by atoms with Crippen molar-refractivity contribution >= 4 is 5.91 Å². The minimum atomic E-state index is -0.0967. The maximum absolute atomic E-state index is 11.7. The number of rotatable bonds is 6. The van der Waals surface area contributed by atoms with E-state index in [0.717, 1.165) is 32.7 Å². The molecule has 0 aromatic rings. The van der Waals surface area contributed by atoms with Gasteiger partial charge in [0, 0.05) is 26.9 Å². The first-order valence-electron chi connectivity index (χ1n) is 6.70. The third-order valence-corrected chi connectivity index (χ3v) is 3.95. The summed E-state index contributed by atoms with van der Waals surface area (Å²) < 4.78 is 16.2. The fraction of sp³-hybridized carbons (Fsp3) is 0.923. The maximum atomic E-state index is 11.7. The molecule has 2 fully saturated rings. The number of amides is 1. The Morgan fingerprint density at radius 3 is 2.94 bits per heavy atom. The van der Waals surface area contributed by atoms with Crippen molar-refractivity contribution < 1.29 is 19.0 Å². The van der Waals surface area contributed by atoms with Gasteiger partial charge < -0.3 is 19.1 Å². The molecule has 1 atom stereocenters. The van der Waals surface area contributed by atoms with Crippen LogP contribution in [0.25, 0.3) is 0 Å². The number of nitrogens with zero attached hydrogens (tertiary/aromatic N) is 1. The summed E-state index contributed by atoms with van der Waals surface area (Å²) in [5.41, 5.74) is -0.0967. The molecule has 2 heterocycles. The number of likely N-dealkylation sites (tertiary alicyclic amines) is 1. The molecular formula is C13H23NO4. The predicted molar refractivity (Wildman–Crippen MR) is 66.4 cm³/mol. The fourth-order valence-electron chi connectivity index (χ4n) is 2.90. The monoisotopic (exact) mass is 257 g/mol. The summed E-state index contributed by atoms with van der Waals surface area (Å²) in [7, 11) is 1.55. The zero-order chi connectivity index (χ0) is 13.0. The number of carbonyl (C=O) groups is 1. The van der Waals surface area contributed by atoms with Crippen LogP contribution >= 0.6 is 0 Å². The van der Waals surface area contributed by atoms with Gasteiger partial charge in [0.2, 0.25) is 5.91 Å². The molecule has 0 saturated carbocycles. The van der Waals surface area contributed by atoms with Crippen LogP contribution in [0.2, 0.25) is 0 Å². The van der Waals surface area contributed by atoms with Crippen LogP contribution in [0.1, 0.15) is 19.8 Å². The molecule has 2 rings (SSSR count). The molecular weight excluding hydrogens is 234 g/mol. The van der Waals surface area contributed by atoms with E-state index < -0.39 is 0 Å². The number of hydrogen-bond donors (Lipinski definition) is 0. The van der Waals surface area contributed by atoms with Gasteiger partial charge >= 0.3 is 0 Å². The Kier molecular flexibility index (Phi) is 4.59. The molecule has 0 aromatic heterocycles. The van der Waals surface area contributed by atoms with Crippen molar-refractivity contribution in [2.45, 2.75) is 25.4 Å². The van der Waals surface area contributed by atoms with Gasteiger partial charge in [-0.15, -0.1) is 0 Å². The van der Waals surface area contributed by atoms with Crippen LogP contribution in [0.15, 0.2) is 0 Å². The molecule has 2 aliphatic rings. The molecule has 2 aliphatic heterocycles. The van der Waals surface area contributed by atoms with Gasteiger partial charge in [-0.1, -0.05) is 0 Å². The molecule has 18 heavy (non-hydrogen) atoms. The SMILES string of the molecule is CCOCC[C@@H]1CCOC12CN(C(=O)COC)C2. The Balaban J connectivity index is 1.80. The lowest BCUT2D eigenvalue weighted by Gasteiger charge is -2.50. The highest BCUT2D eigenvalue weighted by Gasteiger charge is 2.53. The first-order chi connectivity index (χ1) is 8.72. The third-order valence-electron chi connectivity index (χ3n) is 3.95. The van der Waals surface area contributed by atoms with Gasteiger partial charge in [0.25, 0.3) is 0 Å². The van der Waals surface area contributed by atoms with Crippen molar-refractivity contribution in [3.63, 3.8) is 0 Å². The Morgan fingerprint density at radius 1 is 1.50 bits per heavy atom. The second-order valence-corrected chi connectivity index (χ2v) is 5.07. The van der Waals surface area contributed by atoms with Gasteiger partial charge in [-0.3, -0.25) is 4.79 Å². The first-order valence-corrected chi connectivity index (χ1v) is 6.70. The van der Waals surface area contributed by atoms with Crippen LogP contribution in [0.4, 0.5) is 0 Å². The van der Waals surface area contributed by atoms with Crippen molar-refractivity contribution in [3.05, 3.63) is 0 Å². The molecule has 2 saturated heterocycles. The Hall–Kier alpha value is -0.650. The number of methoxy groups -OCH3 is 1. The zero-order valence-electron chi connectivity index (χ0n) is 11.3. The van der Waals surface area contributed by atoms with Crippen molar-refractivity contribution in [2.75, 3.05) is 46.6 Å². The molecule has 0 radical (unpaired) electrons. The highest BCUT2D eigenvalue weighted by molar-refractivity contribution is 5.78. The molecule has 5 nitrogen and oxygen atoms in total. The number of hydrogen-bond acceptors (Lipinski definition) is 4. The molecule has 1 amide bonds. The van der Waals surface area contributed by atoms with E-state index in [2.05, 4.69) is 0 Å². The van der Waals surface area contributed by atoms with Crippen LogP contribution < -0.4 is 0 Å². The largest absolute Gasteiger partial charge is 0.382 e.